The van der Waals surface area contributed by atoms with Gasteiger partial charge in [-0.1, -0.05) is 18.2 Å². The van der Waals surface area contributed by atoms with E-state index in [-0.39, 0.29) is 5.82 Å². The Kier molecular flexibility index (Phi) is 7.84. The predicted octanol–water partition coefficient (Wildman–Crippen LogP) is 1.69. The van der Waals surface area contributed by atoms with Crippen LogP contribution in [0, 0.1) is 5.82 Å². The number of hydrogen-bond acceptors (Lipinski definition) is 5. The first-order valence-corrected chi connectivity index (χ1v) is 8.49. The molecular formula is C19H22FN3O4. The van der Waals surface area contributed by atoms with Crippen LogP contribution in [0.15, 0.2) is 48.7 Å². The first-order chi connectivity index (χ1) is 12.9. The number of carbonyl (C=O) groups is 2. The summed E-state index contributed by atoms with van der Waals surface area (Å²) in [6.07, 6.45) is 1.84. The fourth-order valence-corrected chi connectivity index (χ4v) is 2.72. The summed E-state index contributed by atoms with van der Waals surface area (Å²) in [6, 6.07) is 12.9. The maximum absolute atomic E-state index is 13.2. The SMILES string of the molecule is Fc1cccc(CN2CCN(Cc3ccccn3)CC2)c1.O=C(O)C(=O)O. The molecule has 1 aliphatic heterocycles. The van der Waals surface area contributed by atoms with Crippen molar-refractivity contribution >= 4 is 11.9 Å². The Bertz CT molecular complexity index is 738. The van der Waals surface area contributed by atoms with Crippen LogP contribution < -0.4 is 0 Å². The number of aromatic nitrogens is 1. The first-order valence-electron chi connectivity index (χ1n) is 8.49. The van der Waals surface area contributed by atoms with Gasteiger partial charge in [0.25, 0.3) is 0 Å². The van der Waals surface area contributed by atoms with Crippen molar-refractivity contribution in [3.05, 3.63) is 65.7 Å². The van der Waals surface area contributed by atoms with Crippen LogP contribution in [0.3, 0.4) is 0 Å². The van der Waals surface area contributed by atoms with Crippen LogP contribution in [-0.2, 0) is 22.7 Å². The molecule has 27 heavy (non-hydrogen) atoms. The van der Waals surface area contributed by atoms with E-state index in [4.69, 9.17) is 19.8 Å². The van der Waals surface area contributed by atoms with E-state index in [0.29, 0.717) is 0 Å². The predicted molar refractivity (Wildman–Crippen MR) is 96.5 cm³/mol. The summed E-state index contributed by atoms with van der Waals surface area (Å²) in [5.74, 6) is -3.80. The van der Waals surface area contributed by atoms with Crippen molar-refractivity contribution < 1.29 is 24.2 Å². The third-order valence-electron chi connectivity index (χ3n) is 4.05. The molecule has 0 aliphatic carbocycles. The van der Waals surface area contributed by atoms with Crippen LogP contribution in [0.4, 0.5) is 4.39 Å². The monoisotopic (exact) mass is 375 g/mol. The number of hydrogen-bond donors (Lipinski definition) is 2. The van der Waals surface area contributed by atoms with Gasteiger partial charge in [-0.15, -0.1) is 0 Å². The quantitative estimate of drug-likeness (QED) is 0.786. The minimum absolute atomic E-state index is 0.152. The molecule has 2 N–H and O–H groups in total. The Hall–Kier alpha value is -2.84. The highest BCUT2D eigenvalue weighted by Gasteiger charge is 2.17. The lowest BCUT2D eigenvalue weighted by Gasteiger charge is -2.34. The molecule has 0 atom stereocenters. The first kappa shape index (κ1) is 20.5. The maximum Gasteiger partial charge on any atom is 0.414 e. The molecule has 1 fully saturated rings. The summed E-state index contributed by atoms with van der Waals surface area (Å²) in [7, 11) is 0. The Labute approximate surface area is 156 Å². The lowest BCUT2D eigenvalue weighted by atomic mass is 10.2. The lowest BCUT2D eigenvalue weighted by molar-refractivity contribution is -0.159. The van der Waals surface area contributed by atoms with Crippen LogP contribution in [-0.4, -0.2) is 63.1 Å². The molecule has 2 heterocycles. The molecule has 2 aromatic rings. The van der Waals surface area contributed by atoms with E-state index in [1.165, 1.54) is 6.07 Å². The standard InChI is InChI=1S/C17H20FN3.C2H2O4/c18-16-5-3-4-15(12-16)13-20-8-10-21(11-9-20)14-17-6-1-2-7-19-17;3-1(4)2(5)6/h1-7,12H,8-11,13-14H2;(H,3,4)(H,5,6). The van der Waals surface area contributed by atoms with Crippen LogP contribution in [0.2, 0.25) is 0 Å². The number of rotatable bonds is 4. The van der Waals surface area contributed by atoms with Gasteiger partial charge in [-0.2, -0.15) is 0 Å². The number of benzene rings is 1. The minimum Gasteiger partial charge on any atom is -0.473 e. The van der Waals surface area contributed by atoms with Crippen molar-refractivity contribution in [2.45, 2.75) is 13.1 Å². The number of halogens is 1. The van der Waals surface area contributed by atoms with Gasteiger partial charge in [-0.25, -0.2) is 14.0 Å². The average molecular weight is 375 g/mol. The van der Waals surface area contributed by atoms with Gasteiger partial charge in [0.1, 0.15) is 5.82 Å². The maximum atomic E-state index is 13.2. The molecule has 3 rings (SSSR count). The van der Waals surface area contributed by atoms with Gasteiger partial charge >= 0.3 is 11.9 Å². The van der Waals surface area contributed by atoms with Gasteiger partial charge in [0, 0.05) is 45.5 Å². The van der Waals surface area contributed by atoms with Gasteiger partial charge in [-0.3, -0.25) is 14.8 Å². The van der Waals surface area contributed by atoms with Crippen molar-refractivity contribution in [2.24, 2.45) is 0 Å². The van der Waals surface area contributed by atoms with Crippen molar-refractivity contribution in [2.75, 3.05) is 26.2 Å². The second kappa shape index (κ2) is 10.3. The number of pyridine rings is 1. The Morgan fingerprint density at radius 1 is 0.926 bits per heavy atom. The van der Waals surface area contributed by atoms with Crippen LogP contribution >= 0.6 is 0 Å². The highest BCUT2D eigenvalue weighted by molar-refractivity contribution is 6.27. The zero-order chi connectivity index (χ0) is 19.6. The summed E-state index contributed by atoms with van der Waals surface area (Å²) >= 11 is 0. The molecule has 8 heteroatoms. The molecule has 0 saturated carbocycles. The van der Waals surface area contributed by atoms with Gasteiger partial charge in [-0.05, 0) is 29.8 Å². The third kappa shape index (κ3) is 7.51. The second-order valence-corrected chi connectivity index (χ2v) is 6.11. The lowest BCUT2D eigenvalue weighted by Crippen LogP contribution is -2.45. The molecule has 0 radical (unpaired) electrons. The number of carboxylic acids is 2. The Morgan fingerprint density at radius 2 is 1.56 bits per heavy atom. The van der Waals surface area contributed by atoms with E-state index in [1.54, 1.807) is 12.1 Å². The summed E-state index contributed by atoms with van der Waals surface area (Å²) in [5, 5.41) is 14.8. The molecule has 0 unspecified atom stereocenters. The number of nitrogens with zero attached hydrogens (tertiary/aromatic N) is 3. The van der Waals surface area contributed by atoms with Gasteiger partial charge in [0.05, 0.1) is 5.69 Å². The van der Waals surface area contributed by atoms with E-state index in [1.807, 2.05) is 24.4 Å². The molecule has 1 aromatic heterocycles. The summed E-state index contributed by atoms with van der Waals surface area (Å²) in [5.41, 5.74) is 2.17. The van der Waals surface area contributed by atoms with Crippen molar-refractivity contribution in [3.63, 3.8) is 0 Å². The van der Waals surface area contributed by atoms with Crippen molar-refractivity contribution in [1.82, 2.24) is 14.8 Å². The molecule has 7 nitrogen and oxygen atoms in total. The highest BCUT2D eigenvalue weighted by Crippen LogP contribution is 2.11. The molecule has 0 spiro atoms. The van der Waals surface area contributed by atoms with Crippen molar-refractivity contribution in [3.8, 4) is 0 Å². The normalized spacial score (nSPS) is 14.9. The molecule has 144 valence electrons. The summed E-state index contributed by atoms with van der Waals surface area (Å²) in [6.45, 7) is 5.84. The second-order valence-electron chi connectivity index (χ2n) is 6.11. The molecule has 0 bridgehead atoms. The van der Waals surface area contributed by atoms with E-state index >= 15 is 0 Å². The van der Waals surface area contributed by atoms with Gasteiger partial charge in [0.2, 0.25) is 0 Å². The van der Waals surface area contributed by atoms with Crippen LogP contribution in [0.1, 0.15) is 11.3 Å². The van der Waals surface area contributed by atoms with E-state index in [9.17, 15) is 4.39 Å². The van der Waals surface area contributed by atoms with Crippen LogP contribution in [0.5, 0.6) is 0 Å². The molecule has 0 amide bonds. The largest absolute Gasteiger partial charge is 0.473 e. The fourth-order valence-electron chi connectivity index (χ4n) is 2.72. The topological polar surface area (TPSA) is 94.0 Å². The van der Waals surface area contributed by atoms with E-state index in [2.05, 4.69) is 20.9 Å². The molecule has 1 aliphatic rings. The molecular weight excluding hydrogens is 353 g/mol. The van der Waals surface area contributed by atoms with E-state index in [0.717, 1.165) is 50.5 Å². The Balaban J connectivity index is 0.000000380. The molecule has 1 saturated heterocycles. The smallest absolute Gasteiger partial charge is 0.414 e. The zero-order valence-corrected chi connectivity index (χ0v) is 14.8. The Morgan fingerprint density at radius 3 is 2.07 bits per heavy atom. The zero-order valence-electron chi connectivity index (χ0n) is 14.8. The fraction of sp³-hybridized carbons (Fsp3) is 0.316. The van der Waals surface area contributed by atoms with Gasteiger partial charge in [0.15, 0.2) is 0 Å². The average Bonchev–Trinajstić information content (AvgIpc) is 2.65. The van der Waals surface area contributed by atoms with Gasteiger partial charge < -0.3 is 10.2 Å². The third-order valence-corrected chi connectivity index (χ3v) is 4.05. The number of piperazine rings is 1. The minimum atomic E-state index is -1.82. The molecule has 1 aromatic carbocycles. The highest BCUT2D eigenvalue weighted by atomic mass is 19.1. The summed E-state index contributed by atoms with van der Waals surface area (Å²) in [4.78, 5) is 27.4. The van der Waals surface area contributed by atoms with E-state index < -0.39 is 11.9 Å². The number of aliphatic carboxylic acids is 2. The van der Waals surface area contributed by atoms with Crippen molar-refractivity contribution in [1.29, 1.82) is 0 Å². The summed E-state index contributed by atoms with van der Waals surface area (Å²) < 4.78 is 13.2. The van der Waals surface area contributed by atoms with Crippen LogP contribution in [0.25, 0.3) is 0 Å². The number of carboxylic acid groups (broad SMARTS) is 2.